The summed E-state index contributed by atoms with van der Waals surface area (Å²) in [5.74, 6) is 5.32. The Morgan fingerprint density at radius 2 is 2.00 bits per heavy atom. The van der Waals surface area contributed by atoms with Crippen molar-refractivity contribution in [3.8, 4) is 0 Å². The van der Waals surface area contributed by atoms with Crippen LogP contribution >= 0.6 is 0 Å². The van der Waals surface area contributed by atoms with Crippen molar-refractivity contribution in [2.24, 2.45) is 5.84 Å². The molecule has 18 heavy (non-hydrogen) atoms. The minimum absolute atomic E-state index is 0.0522. The van der Waals surface area contributed by atoms with Crippen LogP contribution in [0.5, 0.6) is 0 Å². The first kappa shape index (κ1) is 12.9. The van der Waals surface area contributed by atoms with E-state index in [1.807, 2.05) is 24.1 Å². The molecule has 5 nitrogen and oxygen atoms in total. The highest BCUT2D eigenvalue weighted by Gasteiger charge is 2.14. The number of hydrogen-bond acceptors (Lipinski definition) is 4. The lowest BCUT2D eigenvalue weighted by molar-refractivity contribution is 0.0750. The van der Waals surface area contributed by atoms with Gasteiger partial charge in [0.2, 0.25) is 0 Å². The van der Waals surface area contributed by atoms with Crippen molar-refractivity contribution < 1.29 is 4.79 Å². The van der Waals surface area contributed by atoms with Crippen LogP contribution < -0.4 is 16.7 Å². The molecule has 4 N–H and O–H groups in total. The molecule has 1 fully saturated rings. The number of aryl methyl sites for hydroxylation is 1. The SMILES string of the molecule is Cc1cc(C(=O)NN2CCCCC2)ccc1NN. The van der Waals surface area contributed by atoms with Gasteiger partial charge in [0.1, 0.15) is 0 Å². The van der Waals surface area contributed by atoms with E-state index in [0.717, 1.165) is 37.2 Å². The van der Waals surface area contributed by atoms with E-state index in [0.29, 0.717) is 5.56 Å². The second-order valence-electron chi connectivity index (χ2n) is 4.66. The van der Waals surface area contributed by atoms with Crippen LogP contribution in [0.3, 0.4) is 0 Å². The highest BCUT2D eigenvalue weighted by Crippen LogP contribution is 2.15. The second kappa shape index (κ2) is 5.84. The number of anilines is 1. The number of rotatable bonds is 3. The van der Waals surface area contributed by atoms with Gasteiger partial charge in [-0.25, -0.2) is 5.01 Å². The quantitative estimate of drug-likeness (QED) is 0.559. The molecule has 98 valence electrons. The van der Waals surface area contributed by atoms with Crippen LogP contribution in [0.25, 0.3) is 0 Å². The molecule has 0 bridgehead atoms. The zero-order valence-electron chi connectivity index (χ0n) is 10.7. The number of benzene rings is 1. The minimum atomic E-state index is -0.0522. The van der Waals surface area contributed by atoms with Gasteiger partial charge in [0, 0.05) is 18.7 Å². The summed E-state index contributed by atoms with van der Waals surface area (Å²) in [6, 6.07) is 5.44. The normalized spacial score (nSPS) is 16.3. The van der Waals surface area contributed by atoms with E-state index in [4.69, 9.17) is 5.84 Å². The summed E-state index contributed by atoms with van der Waals surface area (Å²) in [5, 5.41) is 2.00. The number of hydrazine groups is 2. The zero-order chi connectivity index (χ0) is 13.0. The van der Waals surface area contributed by atoms with E-state index in [9.17, 15) is 4.79 Å². The van der Waals surface area contributed by atoms with E-state index in [1.165, 1.54) is 6.42 Å². The second-order valence-corrected chi connectivity index (χ2v) is 4.66. The lowest BCUT2D eigenvalue weighted by Crippen LogP contribution is -2.45. The van der Waals surface area contributed by atoms with Gasteiger partial charge in [-0.3, -0.25) is 16.1 Å². The van der Waals surface area contributed by atoms with Gasteiger partial charge in [-0.1, -0.05) is 6.42 Å². The maximum absolute atomic E-state index is 12.1. The van der Waals surface area contributed by atoms with Crippen LogP contribution in [0.15, 0.2) is 18.2 Å². The molecule has 0 saturated carbocycles. The molecule has 1 saturated heterocycles. The highest BCUT2D eigenvalue weighted by atomic mass is 16.2. The third-order valence-electron chi connectivity index (χ3n) is 3.26. The third kappa shape index (κ3) is 3.00. The number of hydrogen-bond donors (Lipinski definition) is 3. The molecule has 0 spiro atoms. The number of nitrogens with two attached hydrogens (primary N) is 1. The summed E-state index contributed by atoms with van der Waals surface area (Å²) in [6.45, 7) is 3.80. The molecule has 0 radical (unpaired) electrons. The van der Waals surface area contributed by atoms with Crippen molar-refractivity contribution in [2.75, 3.05) is 18.5 Å². The monoisotopic (exact) mass is 248 g/mol. The molecule has 1 aromatic rings. The Balaban J connectivity index is 2.01. The summed E-state index contributed by atoms with van der Waals surface area (Å²) < 4.78 is 0. The molecule has 1 heterocycles. The van der Waals surface area contributed by atoms with E-state index in [1.54, 1.807) is 6.07 Å². The number of nitrogens with one attached hydrogen (secondary N) is 2. The lowest BCUT2D eigenvalue weighted by atomic mass is 10.1. The summed E-state index contributed by atoms with van der Waals surface area (Å²) in [7, 11) is 0. The van der Waals surface area contributed by atoms with E-state index in [2.05, 4.69) is 10.9 Å². The first-order valence-electron chi connectivity index (χ1n) is 6.34. The molecular formula is C13H20N4O. The maximum Gasteiger partial charge on any atom is 0.265 e. The molecule has 0 atom stereocenters. The first-order valence-corrected chi connectivity index (χ1v) is 6.34. The van der Waals surface area contributed by atoms with Gasteiger partial charge in [-0.05, 0) is 43.5 Å². The molecule has 2 rings (SSSR count). The Morgan fingerprint density at radius 1 is 1.28 bits per heavy atom. The molecule has 5 heteroatoms. The van der Waals surface area contributed by atoms with Gasteiger partial charge < -0.3 is 5.43 Å². The Bertz CT molecular complexity index is 427. The molecule has 1 aliphatic rings. The van der Waals surface area contributed by atoms with E-state index in [-0.39, 0.29) is 5.91 Å². The highest BCUT2D eigenvalue weighted by molar-refractivity contribution is 5.94. The molecule has 1 amide bonds. The maximum atomic E-state index is 12.1. The minimum Gasteiger partial charge on any atom is -0.324 e. The third-order valence-corrected chi connectivity index (χ3v) is 3.26. The Kier molecular flexibility index (Phi) is 4.17. The van der Waals surface area contributed by atoms with Crippen molar-refractivity contribution in [1.29, 1.82) is 0 Å². The average Bonchev–Trinajstić information content (AvgIpc) is 2.39. The lowest BCUT2D eigenvalue weighted by Gasteiger charge is -2.26. The number of nitrogens with zero attached hydrogens (tertiary/aromatic N) is 1. The van der Waals surface area contributed by atoms with Crippen LogP contribution in [0, 0.1) is 6.92 Å². The molecule has 1 aliphatic heterocycles. The Morgan fingerprint density at radius 3 is 2.61 bits per heavy atom. The van der Waals surface area contributed by atoms with Gasteiger partial charge in [0.05, 0.1) is 5.69 Å². The predicted molar refractivity (Wildman–Crippen MR) is 71.9 cm³/mol. The first-order chi connectivity index (χ1) is 8.70. The number of amides is 1. The zero-order valence-corrected chi connectivity index (χ0v) is 10.7. The fourth-order valence-electron chi connectivity index (χ4n) is 2.18. The van der Waals surface area contributed by atoms with Gasteiger partial charge >= 0.3 is 0 Å². The summed E-state index contributed by atoms with van der Waals surface area (Å²) in [4.78, 5) is 12.1. The van der Waals surface area contributed by atoms with Crippen molar-refractivity contribution in [3.05, 3.63) is 29.3 Å². The Labute approximate surface area is 107 Å². The topological polar surface area (TPSA) is 70.4 Å². The standard InChI is InChI=1S/C13H20N4O/c1-10-9-11(5-6-12(10)15-14)13(18)16-17-7-3-2-4-8-17/h5-6,9,15H,2-4,7-8,14H2,1H3,(H,16,18). The summed E-state index contributed by atoms with van der Waals surface area (Å²) in [5.41, 5.74) is 8.01. The fraction of sp³-hybridized carbons (Fsp3) is 0.462. The van der Waals surface area contributed by atoms with Gasteiger partial charge in [-0.15, -0.1) is 0 Å². The van der Waals surface area contributed by atoms with Gasteiger partial charge in [0.25, 0.3) is 5.91 Å². The molecular weight excluding hydrogens is 228 g/mol. The number of nitrogen functional groups attached to an aromatic ring is 1. The van der Waals surface area contributed by atoms with Crippen LogP contribution in [-0.4, -0.2) is 24.0 Å². The van der Waals surface area contributed by atoms with Crippen LogP contribution in [0.2, 0.25) is 0 Å². The summed E-state index contributed by atoms with van der Waals surface area (Å²) in [6.07, 6.45) is 3.55. The molecule has 0 aliphatic carbocycles. The van der Waals surface area contributed by atoms with Gasteiger partial charge in [-0.2, -0.15) is 0 Å². The van der Waals surface area contributed by atoms with Crippen molar-refractivity contribution in [2.45, 2.75) is 26.2 Å². The van der Waals surface area contributed by atoms with E-state index < -0.39 is 0 Å². The fourth-order valence-corrected chi connectivity index (χ4v) is 2.18. The molecule has 0 unspecified atom stereocenters. The van der Waals surface area contributed by atoms with Crippen LogP contribution in [0.4, 0.5) is 5.69 Å². The van der Waals surface area contributed by atoms with Crippen LogP contribution in [-0.2, 0) is 0 Å². The molecule has 0 aromatic heterocycles. The molecule has 1 aromatic carbocycles. The summed E-state index contributed by atoms with van der Waals surface area (Å²) >= 11 is 0. The predicted octanol–water partition coefficient (Wildman–Crippen LogP) is 1.41. The number of piperidine rings is 1. The van der Waals surface area contributed by atoms with Crippen molar-refractivity contribution in [1.82, 2.24) is 10.4 Å². The van der Waals surface area contributed by atoms with Crippen LogP contribution in [0.1, 0.15) is 35.2 Å². The van der Waals surface area contributed by atoms with Gasteiger partial charge in [0.15, 0.2) is 0 Å². The smallest absolute Gasteiger partial charge is 0.265 e. The number of carbonyl (C=O) groups excluding carboxylic acids is 1. The van der Waals surface area contributed by atoms with Crippen molar-refractivity contribution in [3.63, 3.8) is 0 Å². The van der Waals surface area contributed by atoms with E-state index >= 15 is 0 Å². The average molecular weight is 248 g/mol. The number of carbonyl (C=O) groups is 1. The van der Waals surface area contributed by atoms with Crippen molar-refractivity contribution >= 4 is 11.6 Å². The largest absolute Gasteiger partial charge is 0.324 e. The Hall–Kier alpha value is -1.59.